The van der Waals surface area contributed by atoms with E-state index in [1.165, 1.54) is 18.2 Å². The van der Waals surface area contributed by atoms with Crippen LogP contribution in [0.4, 0.5) is 5.69 Å². The van der Waals surface area contributed by atoms with Crippen molar-refractivity contribution in [2.45, 2.75) is 13.0 Å². The Kier molecular flexibility index (Phi) is 6.22. The van der Waals surface area contributed by atoms with Gasteiger partial charge in [-0.15, -0.1) is 0 Å². The first kappa shape index (κ1) is 17.4. The van der Waals surface area contributed by atoms with E-state index in [4.69, 9.17) is 5.11 Å². The van der Waals surface area contributed by atoms with Crippen LogP contribution in [0.5, 0.6) is 0 Å². The molecule has 2 aromatic carbocycles. The number of nitrogens with one attached hydrogen (secondary N) is 1. The largest absolute Gasteiger partial charge is 0.392 e. The number of hydrogen-bond acceptors (Lipinski definition) is 4. The zero-order chi connectivity index (χ0) is 17.4. The third-order valence-corrected chi connectivity index (χ3v) is 3.47. The van der Waals surface area contributed by atoms with Gasteiger partial charge in [-0.1, -0.05) is 36.4 Å². The van der Waals surface area contributed by atoms with E-state index in [9.17, 15) is 14.9 Å². The maximum Gasteiger partial charge on any atom is 0.276 e. The van der Waals surface area contributed by atoms with Crippen LogP contribution in [0.1, 0.15) is 16.7 Å². The van der Waals surface area contributed by atoms with Crippen LogP contribution in [0.3, 0.4) is 0 Å². The first-order valence-corrected chi connectivity index (χ1v) is 7.48. The fourth-order valence-corrected chi connectivity index (χ4v) is 2.16. The fourth-order valence-electron chi connectivity index (χ4n) is 2.16. The molecule has 124 valence electrons. The van der Waals surface area contributed by atoms with Gasteiger partial charge in [0.15, 0.2) is 0 Å². The summed E-state index contributed by atoms with van der Waals surface area (Å²) < 4.78 is 0. The van der Waals surface area contributed by atoms with Gasteiger partial charge in [0, 0.05) is 18.7 Å². The molecule has 24 heavy (non-hydrogen) atoms. The molecule has 0 spiro atoms. The smallest absolute Gasteiger partial charge is 0.276 e. The van der Waals surface area contributed by atoms with Crippen molar-refractivity contribution in [2.75, 3.05) is 6.54 Å². The molecule has 0 radical (unpaired) electrons. The van der Waals surface area contributed by atoms with Crippen molar-refractivity contribution in [2.24, 2.45) is 0 Å². The summed E-state index contributed by atoms with van der Waals surface area (Å²) in [5.41, 5.74) is 2.24. The molecule has 0 saturated heterocycles. The van der Waals surface area contributed by atoms with Crippen LogP contribution in [0.15, 0.2) is 54.6 Å². The van der Waals surface area contributed by atoms with Gasteiger partial charge >= 0.3 is 0 Å². The lowest BCUT2D eigenvalue weighted by atomic mass is 10.1. The molecule has 6 nitrogen and oxygen atoms in total. The second-order valence-corrected chi connectivity index (χ2v) is 5.16. The Hall–Kier alpha value is -2.99. The summed E-state index contributed by atoms with van der Waals surface area (Å²) in [5, 5.41) is 22.6. The number of nitro benzene ring substituents is 1. The molecule has 0 aliphatic rings. The number of nitro groups is 1. The number of nitrogens with zero attached hydrogens (tertiary/aromatic N) is 1. The van der Waals surface area contributed by atoms with E-state index in [-0.39, 0.29) is 18.2 Å². The topological polar surface area (TPSA) is 92.5 Å². The Morgan fingerprint density at radius 3 is 2.46 bits per heavy atom. The zero-order valence-corrected chi connectivity index (χ0v) is 13.0. The molecule has 0 aliphatic heterocycles. The molecule has 0 atom stereocenters. The fraction of sp³-hybridized carbons (Fsp3) is 0.167. The summed E-state index contributed by atoms with van der Waals surface area (Å²) in [4.78, 5) is 22.2. The maximum absolute atomic E-state index is 11.8. The zero-order valence-electron chi connectivity index (χ0n) is 13.0. The minimum absolute atomic E-state index is 0.00737. The first-order valence-electron chi connectivity index (χ1n) is 7.48. The molecule has 1 amide bonds. The maximum atomic E-state index is 11.8. The van der Waals surface area contributed by atoms with Crippen LogP contribution in [0, 0.1) is 10.1 Å². The SMILES string of the molecule is O=C(/C=C/c1ccccc1[N+](=O)[O-])NCCc1ccc(CO)cc1. The van der Waals surface area contributed by atoms with Crippen molar-refractivity contribution in [3.63, 3.8) is 0 Å². The van der Waals surface area contributed by atoms with Crippen LogP contribution in [-0.2, 0) is 17.8 Å². The molecule has 2 N–H and O–H groups in total. The van der Waals surface area contributed by atoms with Crippen molar-refractivity contribution in [1.82, 2.24) is 5.32 Å². The van der Waals surface area contributed by atoms with Crippen molar-refractivity contribution in [3.05, 3.63) is 81.4 Å². The molecule has 0 aromatic heterocycles. The Balaban J connectivity index is 1.86. The summed E-state index contributed by atoms with van der Waals surface area (Å²) in [5.74, 6) is -0.305. The van der Waals surface area contributed by atoms with Gasteiger partial charge in [0.25, 0.3) is 5.69 Å². The van der Waals surface area contributed by atoms with E-state index in [0.29, 0.717) is 18.5 Å². The monoisotopic (exact) mass is 326 g/mol. The molecule has 0 unspecified atom stereocenters. The van der Waals surface area contributed by atoms with Crippen LogP contribution in [-0.4, -0.2) is 22.5 Å². The molecule has 2 aromatic rings. The van der Waals surface area contributed by atoms with Crippen LogP contribution in [0.25, 0.3) is 6.08 Å². The Labute approximate surface area is 139 Å². The number of aliphatic hydroxyl groups is 1. The highest BCUT2D eigenvalue weighted by Gasteiger charge is 2.09. The lowest BCUT2D eigenvalue weighted by molar-refractivity contribution is -0.385. The number of aliphatic hydroxyl groups excluding tert-OH is 1. The van der Waals surface area contributed by atoms with Crippen molar-refractivity contribution < 1.29 is 14.8 Å². The normalized spacial score (nSPS) is 10.7. The summed E-state index contributed by atoms with van der Waals surface area (Å²) in [7, 11) is 0. The highest BCUT2D eigenvalue weighted by Crippen LogP contribution is 2.18. The van der Waals surface area contributed by atoms with E-state index < -0.39 is 4.92 Å². The Morgan fingerprint density at radius 1 is 1.12 bits per heavy atom. The third kappa shape index (κ3) is 5.03. The quantitative estimate of drug-likeness (QED) is 0.464. The van der Waals surface area contributed by atoms with E-state index >= 15 is 0 Å². The molecule has 0 bridgehead atoms. The molecular weight excluding hydrogens is 308 g/mol. The highest BCUT2D eigenvalue weighted by atomic mass is 16.6. The van der Waals surface area contributed by atoms with Gasteiger partial charge in [-0.3, -0.25) is 14.9 Å². The number of benzene rings is 2. The van der Waals surface area contributed by atoms with Crippen molar-refractivity contribution in [1.29, 1.82) is 0 Å². The number of amides is 1. The Bertz CT molecular complexity index is 739. The van der Waals surface area contributed by atoms with E-state index in [2.05, 4.69) is 5.32 Å². The predicted octanol–water partition coefficient (Wildman–Crippen LogP) is 2.46. The number of carbonyl (C=O) groups is 1. The lowest BCUT2D eigenvalue weighted by Gasteiger charge is -2.04. The number of carbonyl (C=O) groups excluding carboxylic acids is 1. The van der Waals surface area contributed by atoms with E-state index in [1.807, 2.05) is 24.3 Å². The average Bonchev–Trinajstić information content (AvgIpc) is 2.60. The van der Waals surface area contributed by atoms with Gasteiger partial charge < -0.3 is 10.4 Å². The third-order valence-electron chi connectivity index (χ3n) is 3.47. The van der Waals surface area contributed by atoms with Crippen molar-refractivity contribution >= 4 is 17.7 Å². The second kappa shape index (κ2) is 8.59. The average molecular weight is 326 g/mol. The van der Waals surface area contributed by atoms with Gasteiger partial charge in [-0.25, -0.2) is 0 Å². The second-order valence-electron chi connectivity index (χ2n) is 5.16. The van der Waals surface area contributed by atoms with Gasteiger partial charge in [0.05, 0.1) is 17.1 Å². The van der Waals surface area contributed by atoms with Gasteiger partial charge in [0.1, 0.15) is 0 Å². The van der Waals surface area contributed by atoms with Gasteiger partial charge in [-0.2, -0.15) is 0 Å². The van der Waals surface area contributed by atoms with Crippen LogP contribution < -0.4 is 5.32 Å². The van der Waals surface area contributed by atoms with Gasteiger partial charge in [-0.05, 0) is 29.7 Å². The molecular formula is C18H18N2O4. The molecule has 0 fully saturated rings. The lowest BCUT2D eigenvalue weighted by Crippen LogP contribution is -2.23. The summed E-state index contributed by atoms with van der Waals surface area (Å²) in [6, 6.07) is 13.7. The van der Waals surface area contributed by atoms with E-state index in [1.54, 1.807) is 18.2 Å². The predicted molar refractivity (Wildman–Crippen MR) is 91.2 cm³/mol. The molecule has 0 heterocycles. The number of hydrogen-bond donors (Lipinski definition) is 2. The first-order chi connectivity index (χ1) is 11.6. The summed E-state index contributed by atoms with van der Waals surface area (Å²) >= 11 is 0. The summed E-state index contributed by atoms with van der Waals surface area (Å²) in [6.45, 7) is 0.464. The van der Waals surface area contributed by atoms with Crippen molar-refractivity contribution in [3.8, 4) is 0 Å². The highest BCUT2D eigenvalue weighted by molar-refractivity contribution is 5.92. The van der Waals surface area contributed by atoms with E-state index in [0.717, 1.165) is 11.1 Å². The van der Waals surface area contributed by atoms with Gasteiger partial charge in [0.2, 0.25) is 5.91 Å². The number of rotatable bonds is 7. The molecule has 0 saturated carbocycles. The van der Waals surface area contributed by atoms with Crippen LogP contribution in [0.2, 0.25) is 0 Å². The van der Waals surface area contributed by atoms with Crippen LogP contribution >= 0.6 is 0 Å². The standard InChI is InChI=1S/C18H18N2O4/c21-13-15-7-5-14(6-8-15)11-12-19-18(22)10-9-16-3-1-2-4-17(16)20(23)24/h1-10,21H,11-13H2,(H,19,22)/b10-9+. The molecule has 2 rings (SSSR count). The summed E-state index contributed by atoms with van der Waals surface area (Å²) in [6.07, 6.45) is 3.39. The minimum atomic E-state index is -0.479. The molecule has 6 heteroatoms. The molecule has 0 aliphatic carbocycles. The number of para-hydroxylation sites is 1. The Morgan fingerprint density at radius 2 is 1.79 bits per heavy atom. The minimum Gasteiger partial charge on any atom is -0.392 e.